The monoisotopic (exact) mass is 389 g/mol. The van der Waals surface area contributed by atoms with Gasteiger partial charge in [0.05, 0.1) is 12.5 Å². The molecule has 150 valence electrons. The summed E-state index contributed by atoms with van der Waals surface area (Å²) in [6, 6.07) is 5.64. The lowest BCUT2D eigenvalue weighted by molar-refractivity contribution is -0.141. The molecule has 1 fully saturated rings. The van der Waals surface area contributed by atoms with E-state index >= 15 is 0 Å². The number of hydrogen-bond donors (Lipinski definition) is 3. The van der Waals surface area contributed by atoms with Crippen LogP contribution in [0.1, 0.15) is 36.5 Å². The molecule has 1 heterocycles. The molecule has 28 heavy (non-hydrogen) atoms. The van der Waals surface area contributed by atoms with Crippen molar-refractivity contribution in [3.05, 3.63) is 35.9 Å². The Morgan fingerprint density at radius 2 is 1.89 bits per heavy atom. The molecule has 1 aromatic rings. The molecule has 9 heteroatoms. The Morgan fingerprint density at radius 3 is 2.50 bits per heavy atom. The van der Waals surface area contributed by atoms with Crippen LogP contribution in [0.25, 0.3) is 0 Å². The van der Waals surface area contributed by atoms with Gasteiger partial charge in [0.25, 0.3) is 5.91 Å². The second-order valence-corrected chi connectivity index (χ2v) is 6.60. The summed E-state index contributed by atoms with van der Waals surface area (Å²) in [7, 11) is 0. The number of aliphatic carboxylic acids is 1. The van der Waals surface area contributed by atoms with Gasteiger partial charge in [0, 0.05) is 12.1 Å². The van der Waals surface area contributed by atoms with Gasteiger partial charge in [0.15, 0.2) is 0 Å². The second kappa shape index (κ2) is 9.63. The Bertz CT molecular complexity index is 751. The maximum atomic E-state index is 12.7. The number of carboxylic acid groups (broad SMARTS) is 1. The third-order valence-electron chi connectivity index (χ3n) is 4.48. The largest absolute Gasteiger partial charge is 0.481 e. The van der Waals surface area contributed by atoms with Crippen molar-refractivity contribution >= 4 is 30.0 Å². The normalized spacial score (nSPS) is 18.0. The van der Waals surface area contributed by atoms with Crippen LogP contribution in [0, 0.1) is 0 Å². The van der Waals surface area contributed by atoms with Crippen LogP contribution >= 0.6 is 0 Å². The molecule has 3 atom stereocenters. The van der Waals surface area contributed by atoms with Crippen molar-refractivity contribution < 1.29 is 29.1 Å². The van der Waals surface area contributed by atoms with E-state index in [0.717, 1.165) is 0 Å². The summed E-state index contributed by atoms with van der Waals surface area (Å²) < 4.78 is 0. The average molecular weight is 389 g/mol. The van der Waals surface area contributed by atoms with Gasteiger partial charge < -0.3 is 25.4 Å². The number of carboxylic acids is 1. The van der Waals surface area contributed by atoms with Crippen LogP contribution in [0.2, 0.25) is 0 Å². The number of nitrogens with one attached hydrogen (secondary N) is 2. The average Bonchev–Trinajstić information content (AvgIpc) is 3.16. The van der Waals surface area contributed by atoms with Crippen LogP contribution in [0.4, 0.5) is 0 Å². The molecule has 1 aromatic carbocycles. The van der Waals surface area contributed by atoms with Gasteiger partial charge >= 0.3 is 5.97 Å². The lowest BCUT2D eigenvalue weighted by Gasteiger charge is -2.27. The van der Waals surface area contributed by atoms with Crippen LogP contribution in [0.3, 0.4) is 0 Å². The van der Waals surface area contributed by atoms with Gasteiger partial charge in [-0.2, -0.15) is 0 Å². The van der Waals surface area contributed by atoms with Gasteiger partial charge in [-0.05, 0) is 31.9 Å². The quantitative estimate of drug-likeness (QED) is 0.534. The fourth-order valence-electron chi connectivity index (χ4n) is 3.08. The van der Waals surface area contributed by atoms with Crippen LogP contribution < -0.4 is 10.6 Å². The summed E-state index contributed by atoms with van der Waals surface area (Å²) in [5.74, 6) is -2.60. The molecule has 0 aromatic heterocycles. The molecule has 3 unspecified atom stereocenters. The Hall–Kier alpha value is -3.23. The van der Waals surface area contributed by atoms with Gasteiger partial charge in [-0.25, -0.2) is 0 Å². The lowest BCUT2D eigenvalue weighted by atomic mass is 10.1. The van der Waals surface area contributed by atoms with Crippen molar-refractivity contribution in [3.8, 4) is 0 Å². The predicted molar refractivity (Wildman–Crippen MR) is 98.4 cm³/mol. The molecule has 9 nitrogen and oxygen atoms in total. The highest BCUT2D eigenvalue weighted by atomic mass is 16.4. The number of nitrogens with zero attached hydrogens (tertiary/aromatic N) is 1. The summed E-state index contributed by atoms with van der Waals surface area (Å²) in [5.41, 5.74) is 0.417. The molecule has 0 bridgehead atoms. The lowest BCUT2D eigenvalue weighted by Crippen LogP contribution is -2.54. The molecule has 0 radical (unpaired) electrons. The number of amides is 3. The van der Waals surface area contributed by atoms with E-state index in [4.69, 9.17) is 5.11 Å². The van der Waals surface area contributed by atoms with E-state index in [9.17, 15) is 24.0 Å². The number of carbonyl (C=O) groups excluding carboxylic acids is 4. The third-order valence-corrected chi connectivity index (χ3v) is 4.48. The van der Waals surface area contributed by atoms with E-state index < -0.39 is 48.2 Å². The summed E-state index contributed by atoms with van der Waals surface area (Å²) in [5, 5.41) is 13.7. The Balaban J connectivity index is 1.99. The van der Waals surface area contributed by atoms with Crippen molar-refractivity contribution in [1.29, 1.82) is 0 Å². The Labute approximate surface area is 162 Å². The first-order valence-corrected chi connectivity index (χ1v) is 8.97. The van der Waals surface area contributed by atoms with Gasteiger partial charge in [-0.15, -0.1) is 0 Å². The molecule has 1 aliphatic rings. The van der Waals surface area contributed by atoms with E-state index in [2.05, 4.69) is 10.6 Å². The van der Waals surface area contributed by atoms with E-state index in [1.165, 1.54) is 11.8 Å². The summed E-state index contributed by atoms with van der Waals surface area (Å²) in [4.78, 5) is 60.4. The topological polar surface area (TPSA) is 133 Å². The minimum atomic E-state index is -1.21. The van der Waals surface area contributed by atoms with Crippen molar-refractivity contribution in [3.63, 3.8) is 0 Å². The van der Waals surface area contributed by atoms with Crippen molar-refractivity contribution in [2.45, 2.75) is 44.3 Å². The minimum absolute atomic E-state index is 0.340. The van der Waals surface area contributed by atoms with Crippen molar-refractivity contribution in [1.82, 2.24) is 15.5 Å². The van der Waals surface area contributed by atoms with Gasteiger partial charge in [0.1, 0.15) is 18.4 Å². The number of likely N-dealkylation sites (tertiary alicyclic amines) is 1. The number of benzene rings is 1. The zero-order valence-electron chi connectivity index (χ0n) is 15.5. The molecule has 0 aliphatic carbocycles. The second-order valence-electron chi connectivity index (χ2n) is 6.60. The summed E-state index contributed by atoms with van der Waals surface area (Å²) in [6.45, 7) is 1.88. The molecular formula is C19H23N3O6. The molecule has 1 aliphatic heterocycles. The minimum Gasteiger partial charge on any atom is -0.481 e. The van der Waals surface area contributed by atoms with E-state index in [1.807, 2.05) is 0 Å². The van der Waals surface area contributed by atoms with Gasteiger partial charge in [0.2, 0.25) is 11.8 Å². The molecule has 1 saturated heterocycles. The Morgan fingerprint density at radius 1 is 1.21 bits per heavy atom. The first-order valence-electron chi connectivity index (χ1n) is 8.97. The molecular weight excluding hydrogens is 366 g/mol. The summed E-state index contributed by atoms with van der Waals surface area (Å²) >= 11 is 0. The van der Waals surface area contributed by atoms with Crippen molar-refractivity contribution in [2.75, 3.05) is 6.54 Å². The van der Waals surface area contributed by atoms with Crippen LogP contribution in [-0.4, -0.2) is 64.7 Å². The van der Waals surface area contributed by atoms with Gasteiger partial charge in [-0.3, -0.25) is 19.2 Å². The predicted octanol–water partition coefficient (Wildman–Crippen LogP) is -0.0457. The maximum absolute atomic E-state index is 12.7. The number of aldehydes is 1. The zero-order valence-corrected chi connectivity index (χ0v) is 15.5. The maximum Gasteiger partial charge on any atom is 0.305 e. The van der Waals surface area contributed by atoms with Crippen LogP contribution in [-0.2, 0) is 19.2 Å². The Kier molecular flexibility index (Phi) is 7.25. The molecule has 2 rings (SSSR count). The fraction of sp³-hybridized carbons (Fsp3) is 0.421. The smallest absolute Gasteiger partial charge is 0.305 e. The van der Waals surface area contributed by atoms with E-state index in [1.54, 1.807) is 30.3 Å². The third kappa shape index (κ3) is 5.38. The zero-order chi connectivity index (χ0) is 20.7. The van der Waals surface area contributed by atoms with Crippen LogP contribution in [0.5, 0.6) is 0 Å². The van der Waals surface area contributed by atoms with E-state index in [0.29, 0.717) is 31.2 Å². The molecule has 3 amide bonds. The van der Waals surface area contributed by atoms with Crippen molar-refractivity contribution in [2.24, 2.45) is 0 Å². The first-order chi connectivity index (χ1) is 13.3. The number of carbonyl (C=O) groups is 5. The first kappa shape index (κ1) is 21.1. The highest BCUT2D eigenvalue weighted by Crippen LogP contribution is 2.19. The highest BCUT2D eigenvalue weighted by molar-refractivity contribution is 5.98. The SMILES string of the molecule is CC(NC(=O)c1ccccc1)C(=O)N1CCCC1C(=O)NC(C=O)CC(=O)O. The van der Waals surface area contributed by atoms with E-state index in [-0.39, 0.29) is 0 Å². The highest BCUT2D eigenvalue weighted by Gasteiger charge is 2.37. The number of rotatable bonds is 8. The van der Waals surface area contributed by atoms with Crippen LogP contribution in [0.15, 0.2) is 30.3 Å². The number of hydrogen-bond acceptors (Lipinski definition) is 5. The summed E-state index contributed by atoms with van der Waals surface area (Å²) in [6.07, 6.45) is 0.818. The molecule has 3 N–H and O–H groups in total. The molecule has 0 spiro atoms. The standard InChI is InChI=1S/C19H23N3O6/c1-12(20-17(26)13-6-3-2-4-7-13)19(28)22-9-5-8-15(22)18(27)21-14(11-23)10-16(24)25/h2-4,6-7,11-12,14-15H,5,8-10H2,1H3,(H,20,26)(H,21,27)(H,24,25). The molecule has 0 saturated carbocycles. The fourth-order valence-corrected chi connectivity index (χ4v) is 3.08. The van der Waals surface area contributed by atoms with Gasteiger partial charge in [-0.1, -0.05) is 18.2 Å².